The number of nitrogens with one attached hydrogen (secondary N) is 2. The number of anilines is 3. The van der Waals surface area contributed by atoms with Crippen molar-refractivity contribution in [3.8, 4) is 0 Å². The van der Waals surface area contributed by atoms with Crippen LogP contribution in [-0.2, 0) is 0 Å². The maximum absolute atomic E-state index is 12.9. The fraction of sp³-hybridized carbons (Fsp3) is 0.105. The number of carbonyl (C=O) groups is 1. The van der Waals surface area contributed by atoms with E-state index in [0.717, 1.165) is 11.3 Å². The predicted molar refractivity (Wildman–Crippen MR) is 95.6 cm³/mol. The Morgan fingerprint density at radius 1 is 1.00 bits per heavy atom. The Balaban J connectivity index is 1.69. The van der Waals surface area contributed by atoms with E-state index in [-0.39, 0.29) is 11.7 Å². The monoisotopic (exact) mass is 336 g/mol. The zero-order valence-corrected chi connectivity index (χ0v) is 13.9. The molecule has 5 nitrogen and oxygen atoms in total. The number of aryl methyl sites for hydroxylation is 2. The summed E-state index contributed by atoms with van der Waals surface area (Å²) in [5.41, 5.74) is 3.99. The molecule has 0 saturated heterocycles. The number of halogens is 1. The Morgan fingerprint density at radius 2 is 1.68 bits per heavy atom. The van der Waals surface area contributed by atoms with Crippen molar-refractivity contribution < 1.29 is 9.18 Å². The molecule has 0 aliphatic rings. The minimum absolute atomic E-state index is 0.315. The average Bonchev–Trinajstić information content (AvgIpc) is 2.60. The van der Waals surface area contributed by atoms with E-state index in [4.69, 9.17) is 0 Å². The van der Waals surface area contributed by atoms with Crippen LogP contribution in [0, 0.1) is 19.7 Å². The van der Waals surface area contributed by atoms with E-state index in [1.165, 1.54) is 42.2 Å². The van der Waals surface area contributed by atoms with Crippen LogP contribution < -0.4 is 10.6 Å². The van der Waals surface area contributed by atoms with E-state index >= 15 is 0 Å². The van der Waals surface area contributed by atoms with Gasteiger partial charge in [-0.3, -0.25) is 4.79 Å². The SMILES string of the molecule is Cc1ccc(Nc2ncc(C(=O)Nc3ccc(F)cc3)cn2)c(C)c1. The Labute approximate surface area is 145 Å². The summed E-state index contributed by atoms with van der Waals surface area (Å²) >= 11 is 0. The number of carbonyl (C=O) groups excluding carboxylic acids is 1. The molecule has 3 rings (SSSR count). The van der Waals surface area contributed by atoms with Crippen molar-refractivity contribution in [2.75, 3.05) is 10.6 Å². The van der Waals surface area contributed by atoms with Gasteiger partial charge in [-0.1, -0.05) is 17.7 Å². The van der Waals surface area contributed by atoms with Crippen LogP contribution in [-0.4, -0.2) is 15.9 Å². The number of nitrogens with zero attached hydrogens (tertiary/aromatic N) is 2. The summed E-state index contributed by atoms with van der Waals surface area (Å²) in [5.74, 6) is -0.307. The summed E-state index contributed by atoms with van der Waals surface area (Å²) in [6.07, 6.45) is 2.88. The molecule has 0 unspecified atom stereocenters. The quantitative estimate of drug-likeness (QED) is 0.748. The fourth-order valence-corrected chi connectivity index (χ4v) is 2.32. The molecule has 0 atom stereocenters. The Kier molecular flexibility index (Phi) is 4.70. The van der Waals surface area contributed by atoms with Gasteiger partial charge in [0.1, 0.15) is 5.82 Å². The van der Waals surface area contributed by atoms with E-state index in [0.29, 0.717) is 17.2 Å². The van der Waals surface area contributed by atoms with Gasteiger partial charge < -0.3 is 10.6 Å². The van der Waals surface area contributed by atoms with E-state index in [9.17, 15) is 9.18 Å². The summed E-state index contributed by atoms with van der Waals surface area (Å²) < 4.78 is 12.9. The number of amides is 1. The zero-order valence-electron chi connectivity index (χ0n) is 13.9. The van der Waals surface area contributed by atoms with Crippen molar-refractivity contribution in [3.63, 3.8) is 0 Å². The molecule has 1 aromatic heterocycles. The molecule has 6 heteroatoms. The average molecular weight is 336 g/mol. The molecule has 0 saturated carbocycles. The molecule has 2 aromatic carbocycles. The molecule has 0 fully saturated rings. The number of aromatic nitrogens is 2. The first-order valence-corrected chi connectivity index (χ1v) is 7.74. The first kappa shape index (κ1) is 16.6. The molecule has 25 heavy (non-hydrogen) atoms. The summed E-state index contributed by atoms with van der Waals surface area (Å²) in [6, 6.07) is 11.6. The molecule has 3 aromatic rings. The highest BCUT2D eigenvalue weighted by Gasteiger charge is 2.08. The highest BCUT2D eigenvalue weighted by Crippen LogP contribution is 2.19. The van der Waals surface area contributed by atoms with Gasteiger partial charge in [-0.15, -0.1) is 0 Å². The van der Waals surface area contributed by atoms with Crippen LogP contribution in [0.4, 0.5) is 21.7 Å². The second-order valence-corrected chi connectivity index (χ2v) is 5.70. The molecular weight excluding hydrogens is 319 g/mol. The van der Waals surface area contributed by atoms with Crippen molar-refractivity contribution in [2.24, 2.45) is 0 Å². The van der Waals surface area contributed by atoms with Crippen molar-refractivity contribution in [1.29, 1.82) is 0 Å². The summed E-state index contributed by atoms with van der Waals surface area (Å²) in [6.45, 7) is 4.03. The molecule has 0 bridgehead atoms. The number of rotatable bonds is 4. The first-order valence-electron chi connectivity index (χ1n) is 7.74. The Bertz CT molecular complexity index is 892. The van der Waals surface area contributed by atoms with E-state index in [1.807, 2.05) is 26.0 Å². The van der Waals surface area contributed by atoms with Gasteiger partial charge in [0, 0.05) is 23.8 Å². The topological polar surface area (TPSA) is 66.9 Å². The lowest BCUT2D eigenvalue weighted by Crippen LogP contribution is -2.13. The third-order valence-corrected chi connectivity index (χ3v) is 3.64. The second kappa shape index (κ2) is 7.09. The van der Waals surface area contributed by atoms with Crippen LogP contribution in [0.15, 0.2) is 54.9 Å². The third kappa shape index (κ3) is 4.17. The number of hydrogen-bond acceptors (Lipinski definition) is 4. The Morgan fingerprint density at radius 3 is 2.32 bits per heavy atom. The third-order valence-electron chi connectivity index (χ3n) is 3.64. The molecule has 126 valence electrons. The van der Waals surface area contributed by atoms with Crippen molar-refractivity contribution in [2.45, 2.75) is 13.8 Å². The van der Waals surface area contributed by atoms with Gasteiger partial charge in [0.15, 0.2) is 0 Å². The maximum Gasteiger partial charge on any atom is 0.258 e. The van der Waals surface area contributed by atoms with Gasteiger partial charge in [0.05, 0.1) is 5.56 Å². The second-order valence-electron chi connectivity index (χ2n) is 5.70. The molecule has 0 aliphatic carbocycles. The van der Waals surface area contributed by atoms with Gasteiger partial charge in [0.25, 0.3) is 5.91 Å². The predicted octanol–water partition coefficient (Wildman–Crippen LogP) is 4.23. The van der Waals surface area contributed by atoms with Crippen molar-refractivity contribution in [3.05, 3.63) is 77.4 Å². The molecule has 1 heterocycles. The van der Waals surface area contributed by atoms with E-state index < -0.39 is 0 Å². The molecule has 0 spiro atoms. The lowest BCUT2D eigenvalue weighted by molar-refractivity contribution is 0.102. The van der Waals surface area contributed by atoms with Gasteiger partial charge in [-0.2, -0.15) is 0 Å². The highest BCUT2D eigenvalue weighted by molar-refractivity contribution is 6.03. The zero-order chi connectivity index (χ0) is 17.8. The molecule has 0 radical (unpaired) electrons. The normalized spacial score (nSPS) is 10.4. The molecule has 2 N–H and O–H groups in total. The van der Waals surface area contributed by atoms with E-state index in [2.05, 4.69) is 26.7 Å². The number of hydrogen-bond donors (Lipinski definition) is 2. The van der Waals surface area contributed by atoms with Gasteiger partial charge in [-0.25, -0.2) is 14.4 Å². The minimum Gasteiger partial charge on any atom is -0.324 e. The summed E-state index contributed by atoms with van der Waals surface area (Å²) in [5, 5.41) is 5.79. The minimum atomic E-state index is -0.358. The van der Waals surface area contributed by atoms with Gasteiger partial charge >= 0.3 is 0 Å². The number of benzene rings is 2. The lowest BCUT2D eigenvalue weighted by Gasteiger charge is -2.09. The van der Waals surface area contributed by atoms with Crippen molar-refractivity contribution in [1.82, 2.24) is 9.97 Å². The van der Waals surface area contributed by atoms with Gasteiger partial charge in [-0.05, 0) is 49.7 Å². The summed E-state index contributed by atoms with van der Waals surface area (Å²) in [4.78, 5) is 20.5. The molecule has 0 aliphatic heterocycles. The summed E-state index contributed by atoms with van der Waals surface area (Å²) in [7, 11) is 0. The van der Waals surface area contributed by atoms with Crippen LogP contribution in [0.5, 0.6) is 0 Å². The van der Waals surface area contributed by atoms with Crippen LogP contribution in [0.2, 0.25) is 0 Å². The first-order chi connectivity index (χ1) is 12.0. The molecular formula is C19H17FN4O. The van der Waals surface area contributed by atoms with Crippen LogP contribution in [0.3, 0.4) is 0 Å². The molecule has 1 amide bonds. The van der Waals surface area contributed by atoms with Crippen molar-refractivity contribution >= 4 is 23.2 Å². The highest BCUT2D eigenvalue weighted by atomic mass is 19.1. The fourth-order valence-electron chi connectivity index (χ4n) is 2.32. The maximum atomic E-state index is 12.9. The largest absolute Gasteiger partial charge is 0.324 e. The van der Waals surface area contributed by atoms with Crippen LogP contribution in [0.1, 0.15) is 21.5 Å². The van der Waals surface area contributed by atoms with E-state index in [1.54, 1.807) is 0 Å². The van der Waals surface area contributed by atoms with Crippen LogP contribution in [0.25, 0.3) is 0 Å². The Hall–Kier alpha value is -3.28. The standard InChI is InChI=1S/C19H17FN4O/c1-12-3-8-17(13(2)9-12)24-19-21-10-14(11-22-19)18(25)23-16-6-4-15(20)5-7-16/h3-11H,1-2H3,(H,23,25)(H,21,22,24). The van der Waals surface area contributed by atoms with Crippen LogP contribution >= 0.6 is 0 Å². The smallest absolute Gasteiger partial charge is 0.258 e. The van der Waals surface area contributed by atoms with Gasteiger partial charge in [0.2, 0.25) is 5.95 Å². The lowest BCUT2D eigenvalue weighted by atomic mass is 10.1.